The van der Waals surface area contributed by atoms with Crippen molar-refractivity contribution in [1.29, 1.82) is 0 Å². The Bertz CT molecular complexity index is 410. The fraction of sp³-hybridized carbons (Fsp3) is 0.333. The Kier molecular flexibility index (Phi) is 3.83. The van der Waals surface area contributed by atoms with Gasteiger partial charge in [-0.15, -0.1) is 0 Å². The molecule has 0 amide bonds. The fourth-order valence-corrected chi connectivity index (χ4v) is 1.26. The molecule has 1 heterocycles. The van der Waals surface area contributed by atoms with Gasteiger partial charge in [-0.2, -0.15) is 0 Å². The number of hydrogen-bond acceptors (Lipinski definition) is 3. The van der Waals surface area contributed by atoms with E-state index < -0.39 is 30.2 Å². The van der Waals surface area contributed by atoms with Crippen molar-refractivity contribution in [2.45, 2.75) is 19.4 Å². The average molecular weight is 234 g/mol. The number of nitrogens with zero attached hydrogens (tertiary/aromatic N) is 1. The SMILES string of the molecule is NCc1nc(CC(=O)O)cc(F)c1C(F)F. The van der Waals surface area contributed by atoms with Crippen LogP contribution in [0.4, 0.5) is 13.2 Å². The van der Waals surface area contributed by atoms with E-state index in [2.05, 4.69) is 4.98 Å². The van der Waals surface area contributed by atoms with Crippen molar-refractivity contribution in [2.75, 3.05) is 0 Å². The summed E-state index contributed by atoms with van der Waals surface area (Å²) in [6, 6.07) is 0.689. The molecule has 0 unspecified atom stereocenters. The monoisotopic (exact) mass is 234 g/mol. The van der Waals surface area contributed by atoms with Gasteiger partial charge in [0.15, 0.2) is 0 Å². The molecule has 1 rings (SSSR count). The van der Waals surface area contributed by atoms with Crippen LogP contribution in [0.3, 0.4) is 0 Å². The lowest BCUT2D eigenvalue weighted by Gasteiger charge is -2.09. The Morgan fingerprint density at radius 2 is 2.19 bits per heavy atom. The molecule has 0 spiro atoms. The predicted molar refractivity (Wildman–Crippen MR) is 48.4 cm³/mol. The number of carboxylic acids is 1. The molecular formula is C9H9F3N2O2. The van der Waals surface area contributed by atoms with E-state index in [1.807, 2.05) is 0 Å². The molecule has 7 heteroatoms. The van der Waals surface area contributed by atoms with E-state index in [4.69, 9.17) is 10.8 Å². The molecule has 0 radical (unpaired) electrons. The van der Waals surface area contributed by atoms with Crippen molar-refractivity contribution in [3.8, 4) is 0 Å². The molecule has 0 saturated carbocycles. The van der Waals surface area contributed by atoms with Gasteiger partial charge in [-0.1, -0.05) is 0 Å². The van der Waals surface area contributed by atoms with Crippen molar-refractivity contribution < 1.29 is 23.1 Å². The third-order valence-electron chi connectivity index (χ3n) is 1.88. The van der Waals surface area contributed by atoms with Gasteiger partial charge in [-0.05, 0) is 6.07 Å². The van der Waals surface area contributed by atoms with Gasteiger partial charge in [-0.25, -0.2) is 13.2 Å². The molecule has 0 aromatic carbocycles. The zero-order valence-electron chi connectivity index (χ0n) is 8.08. The molecule has 16 heavy (non-hydrogen) atoms. The zero-order chi connectivity index (χ0) is 12.3. The summed E-state index contributed by atoms with van der Waals surface area (Å²) in [5.41, 5.74) is 3.84. The maximum atomic E-state index is 13.2. The Morgan fingerprint density at radius 1 is 1.56 bits per heavy atom. The molecule has 0 aliphatic rings. The van der Waals surface area contributed by atoms with E-state index in [-0.39, 0.29) is 17.9 Å². The Hall–Kier alpha value is -1.63. The summed E-state index contributed by atoms with van der Waals surface area (Å²) in [4.78, 5) is 13.9. The summed E-state index contributed by atoms with van der Waals surface area (Å²) in [6.45, 7) is -0.371. The van der Waals surface area contributed by atoms with Crippen LogP contribution in [0, 0.1) is 5.82 Å². The van der Waals surface area contributed by atoms with Gasteiger partial charge in [0.05, 0.1) is 23.4 Å². The minimum atomic E-state index is -3.02. The summed E-state index contributed by atoms with van der Waals surface area (Å²) >= 11 is 0. The highest BCUT2D eigenvalue weighted by molar-refractivity contribution is 5.69. The number of hydrogen-bond donors (Lipinski definition) is 2. The normalized spacial score (nSPS) is 10.8. The lowest BCUT2D eigenvalue weighted by Crippen LogP contribution is -2.12. The maximum absolute atomic E-state index is 13.2. The van der Waals surface area contributed by atoms with Crippen LogP contribution in [0.25, 0.3) is 0 Å². The number of aliphatic carboxylic acids is 1. The van der Waals surface area contributed by atoms with Gasteiger partial charge in [0.25, 0.3) is 6.43 Å². The van der Waals surface area contributed by atoms with Crippen LogP contribution in [0.15, 0.2) is 6.07 Å². The van der Waals surface area contributed by atoms with Crippen molar-refractivity contribution >= 4 is 5.97 Å². The average Bonchev–Trinajstić information content (AvgIpc) is 2.14. The molecule has 0 fully saturated rings. The number of halogens is 3. The molecule has 0 aliphatic carbocycles. The summed E-state index contributed by atoms with van der Waals surface area (Å²) in [5, 5.41) is 8.46. The molecular weight excluding hydrogens is 225 g/mol. The van der Waals surface area contributed by atoms with Gasteiger partial charge >= 0.3 is 5.97 Å². The molecule has 88 valence electrons. The highest BCUT2D eigenvalue weighted by Crippen LogP contribution is 2.25. The van der Waals surface area contributed by atoms with Crippen LogP contribution < -0.4 is 5.73 Å². The molecule has 1 aromatic heterocycles. The Balaban J connectivity index is 3.20. The summed E-state index contributed by atoms with van der Waals surface area (Å²) in [7, 11) is 0. The quantitative estimate of drug-likeness (QED) is 0.821. The first kappa shape index (κ1) is 12.4. The highest BCUT2D eigenvalue weighted by atomic mass is 19.3. The van der Waals surface area contributed by atoms with Crippen molar-refractivity contribution in [3.05, 3.63) is 28.8 Å². The molecule has 0 bridgehead atoms. The smallest absolute Gasteiger partial charge is 0.309 e. The number of alkyl halides is 2. The predicted octanol–water partition coefficient (Wildman–Crippen LogP) is 1.24. The lowest BCUT2D eigenvalue weighted by molar-refractivity contribution is -0.136. The van der Waals surface area contributed by atoms with Gasteiger partial charge < -0.3 is 10.8 Å². The number of aromatic nitrogens is 1. The van der Waals surface area contributed by atoms with Crippen molar-refractivity contribution in [3.63, 3.8) is 0 Å². The highest BCUT2D eigenvalue weighted by Gasteiger charge is 2.20. The lowest BCUT2D eigenvalue weighted by atomic mass is 10.1. The van der Waals surface area contributed by atoms with Gasteiger partial charge in [0.1, 0.15) is 5.82 Å². The molecule has 0 aliphatic heterocycles. The first-order chi connectivity index (χ1) is 7.45. The second-order valence-corrected chi connectivity index (χ2v) is 3.03. The number of carbonyl (C=O) groups is 1. The summed E-state index contributed by atoms with van der Waals surface area (Å²) in [5.74, 6) is -2.40. The molecule has 1 aromatic rings. The van der Waals surface area contributed by atoms with Crippen molar-refractivity contribution in [2.24, 2.45) is 5.73 Å². The molecule has 3 N–H and O–H groups in total. The van der Waals surface area contributed by atoms with E-state index in [0.717, 1.165) is 0 Å². The van der Waals surface area contributed by atoms with E-state index >= 15 is 0 Å². The standard InChI is InChI=1S/C9H9F3N2O2/c10-5-1-4(2-7(15)16)14-6(3-13)8(5)9(11)12/h1,9H,2-3,13H2,(H,15,16). The van der Waals surface area contributed by atoms with Crippen LogP contribution in [-0.2, 0) is 17.8 Å². The molecule has 4 nitrogen and oxygen atoms in total. The van der Waals surface area contributed by atoms with Crippen LogP contribution in [-0.4, -0.2) is 16.1 Å². The van der Waals surface area contributed by atoms with Crippen LogP contribution in [0.5, 0.6) is 0 Å². The first-order valence-corrected chi connectivity index (χ1v) is 4.34. The summed E-state index contributed by atoms with van der Waals surface area (Å²) < 4.78 is 38.1. The van der Waals surface area contributed by atoms with E-state index in [1.54, 1.807) is 0 Å². The van der Waals surface area contributed by atoms with E-state index in [1.165, 1.54) is 0 Å². The summed E-state index contributed by atoms with van der Waals surface area (Å²) in [6.07, 6.45) is -3.56. The first-order valence-electron chi connectivity index (χ1n) is 4.34. The largest absolute Gasteiger partial charge is 0.481 e. The molecule has 0 saturated heterocycles. The zero-order valence-corrected chi connectivity index (χ0v) is 8.08. The van der Waals surface area contributed by atoms with E-state index in [0.29, 0.717) is 6.07 Å². The second-order valence-electron chi connectivity index (χ2n) is 3.03. The topological polar surface area (TPSA) is 76.2 Å². The maximum Gasteiger partial charge on any atom is 0.309 e. The number of nitrogens with two attached hydrogens (primary N) is 1. The van der Waals surface area contributed by atoms with Gasteiger partial charge in [-0.3, -0.25) is 9.78 Å². The van der Waals surface area contributed by atoms with Crippen LogP contribution in [0.1, 0.15) is 23.4 Å². The third kappa shape index (κ3) is 2.69. The Labute approximate surface area is 88.9 Å². The second kappa shape index (κ2) is 4.93. The van der Waals surface area contributed by atoms with Crippen LogP contribution >= 0.6 is 0 Å². The van der Waals surface area contributed by atoms with Crippen molar-refractivity contribution in [1.82, 2.24) is 4.98 Å². The van der Waals surface area contributed by atoms with Crippen LogP contribution in [0.2, 0.25) is 0 Å². The fourth-order valence-electron chi connectivity index (χ4n) is 1.26. The molecule has 0 atom stereocenters. The van der Waals surface area contributed by atoms with Gasteiger partial charge in [0.2, 0.25) is 0 Å². The minimum Gasteiger partial charge on any atom is -0.481 e. The number of carboxylic acid groups (broad SMARTS) is 1. The third-order valence-corrected chi connectivity index (χ3v) is 1.88. The minimum absolute atomic E-state index is 0.130. The number of rotatable bonds is 4. The Morgan fingerprint density at radius 3 is 2.62 bits per heavy atom. The number of pyridine rings is 1. The van der Waals surface area contributed by atoms with Gasteiger partial charge in [0, 0.05) is 6.54 Å². The van der Waals surface area contributed by atoms with E-state index in [9.17, 15) is 18.0 Å².